The Labute approximate surface area is 166 Å². The summed E-state index contributed by atoms with van der Waals surface area (Å²) in [4.78, 5) is 4.79. The van der Waals surface area contributed by atoms with Gasteiger partial charge >= 0.3 is 0 Å². The maximum Gasteiger partial charge on any atom is 0.227 e. The maximum atomic E-state index is 6.15. The third-order valence-electron chi connectivity index (χ3n) is 5.71. The summed E-state index contributed by atoms with van der Waals surface area (Å²) in [6, 6.07) is 16.9. The molecule has 1 aromatic heterocycles. The first-order valence-corrected chi connectivity index (χ1v) is 9.66. The van der Waals surface area contributed by atoms with Gasteiger partial charge < -0.3 is 4.42 Å². The zero-order chi connectivity index (χ0) is 19.8. The molecule has 4 rings (SSSR count). The van der Waals surface area contributed by atoms with Gasteiger partial charge in [-0.1, -0.05) is 54.1 Å². The molecule has 0 saturated heterocycles. The number of rotatable bonds is 3. The third kappa shape index (κ3) is 3.27. The summed E-state index contributed by atoms with van der Waals surface area (Å²) in [6.07, 6.45) is 4.26. The smallest absolute Gasteiger partial charge is 0.227 e. The van der Waals surface area contributed by atoms with Gasteiger partial charge in [-0.25, -0.2) is 4.98 Å². The number of aromatic nitrogens is 1. The molecule has 2 heteroatoms. The van der Waals surface area contributed by atoms with E-state index in [1.807, 2.05) is 0 Å². The highest BCUT2D eigenvalue weighted by Gasteiger charge is 2.16. The van der Waals surface area contributed by atoms with Gasteiger partial charge in [0.1, 0.15) is 5.52 Å². The van der Waals surface area contributed by atoms with Crippen LogP contribution >= 0.6 is 0 Å². The summed E-state index contributed by atoms with van der Waals surface area (Å²) >= 11 is 0. The fraction of sp³-hybridized carbons (Fsp3) is 0.192. The number of benzene rings is 3. The number of hydrogen-bond donors (Lipinski definition) is 0. The van der Waals surface area contributed by atoms with Gasteiger partial charge in [0.2, 0.25) is 5.89 Å². The molecule has 0 aliphatic heterocycles. The second-order valence-corrected chi connectivity index (χ2v) is 7.56. The number of oxazole rings is 1. The zero-order valence-electron chi connectivity index (χ0n) is 17.1. The first kappa shape index (κ1) is 18.2. The Morgan fingerprint density at radius 3 is 1.79 bits per heavy atom. The molecule has 0 amide bonds. The van der Waals surface area contributed by atoms with E-state index in [9.17, 15) is 0 Å². The lowest BCUT2D eigenvalue weighted by atomic mass is 9.98. The van der Waals surface area contributed by atoms with Crippen molar-refractivity contribution in [3.63, 3.8) is 0 Å². The number of nitrogens with zero attached hydrogens (tertiary/aromatic N) is 1. The van der Waals surface area contributed by atoms with Gasteiger partial charge in [0.15, 0.2) is 5.58 Å². The van der Waals surface area contributed by atoms with Crippen molar-refractivity contribution in [1.29, 1.82) is 0 Å². The van der Waals surface area contributed by atoms with E-state index < -0.39 is 0 Å². The lowest BCUT2D eigenvalue weighted by molar-refractivity contribution is 0.617. The number of hydrogen-bond acceptors (Lipinski definition) is 2. The molecule has 140 valence electrons. The van der Waals surface area contributed by atoms with Gasteiger partial charge in [-0.3, -0.25) is 0 Å². The molecular weight excluding hydrogens is 342 g/mol. The number of aryl methyl sites for hydroxylation is 3. The Morgan fingerprint density at radius 1 is 0.643 bits per heavy atom. The van der Waals surface area contributed by atoms with E-state index in [-0.39, 0.29) is 0 Å². The molecule has 1 heterocycles. The topological polar surface area (TPSA) is 26.0 Å². The summed E-state index contributed by atoms with van der Waals surface area (Å²) in [5, 5.41) is 0. The van der Waals surface area contributed by atoms with Crippen LogP contribution in [0.5, 0.6) is 0 Å². The molecule has 0 N–H and O–H groups in total. The summed E-state index contributed by atoms with van der Waals surface area (Å²) in [5.41, 5.74) is 11.4. The van der Waals surface area contributed by atoms with E-state index in [4.69, 9.17) is 9.40 Å². The van der Waals surface area contributed by atoms with Gasteiger partial charge in [0.05, 0.1) is 0 Å². The Morgan fingerprint density at radius 2 is 1.18 bits per heavy atom. The molecule has 0 fully saturated rings. The van der Waals surface area contributed by atoms with E-state index in [0.29, 0.717) is 5.89 Å². The normalized spacial score (nSPS) is 11.6. The SMILES string of the molecule is Cc1ccc(C=Cc2ccc(-c3nc4c(C)c(C)c(C)c(C)c4o3)cc2)cc1. The van der Waals surface area contributed by atoms with Crippen LogP contribution in [0.4, 0.5) is 0 Å². The van der Waals surface area contributed by atoms with Crippen LogP contribution in [-0.2, 0) is 0 Å². The van der Waals surface area contributed by atoms with Crippen LogP contribution < -0.4 is 0 Å². The van der Waals surface area contributed by atoms with Gasteiger partial charge in [0.25, 0.3) is 0 Å². The van der Waals surface area contributed by atoms with Crippen LogP contribution in [0.15, 0.2) is 52.9 Å². The van der Waals surface area contributed by atoms with Gasteiger partial charge in [-0.15, -0.1) is 0 Å². The van der Waals surface area contributed by atoms with Crippen LogP contribution in [0.2, 0.25) is 0 Å². The molecular formula is C26H25NO. The van der Waals surface area contributed by atoms with Crippen LogP contribution in [0.25, 0.3) is 34.7 Å². The average Bonchev–Trinajstić information content (AvgIpc) is 3.16. The lowest BCUT2D eigenvalue weighted by Crippen LogP contribution is -1.92. The minimum atomic E-state index is 0.681. The van der Waals surface area contributed by atoms with Gasteiger partial charge in [-0.05, 0) is 80.1 Å². The van der Waals surface area contributed by atoms with Crippen molar-refractivity contribution in [2.45, 2.75) is 34.6 Å². The summed E-state index contributed by atoms with van der Waals surface area (Å²) in [5.74, 6) is 0.681. The second kappa shape index (κ2) is 7.12. The molecule has 0 saturated carbocycles. The largest absolute Gasteiger partial charge is 0.436 e. The van der Waals surface area contributed by atoms with Crippen molar-refractivity contribution in [2.24, 2.45) is 0 Å². The standard InChI is InChI=1S/C26H25NO/c1-16-6-8-21(9-7-16)10-11-22-12-14-23(15-13-22)26-27-24-19(4)17(2)18(3)20(5)25(24)28-26/h6-15H,1-5H3. The van der Waals surface area contributed by atoms with Crippen LogP contribution in [0, 0.1) is 34.6 Å². The molecule has 4 aromatic rings. The van der Waals surface area contributed by atoms with E-state index in [2.05, 4.69) is 95.3 Å². The molecule has 0 bridgehead atoms. The highest BCUT2D eigenvalue weighted by atomic mass is 16.3. The van der Waals surface area contributed by atoms with Crippen molar-refractivity contribution in [2.75, 3.05) is 0 Å². The number of fused-ring (bicyclic) bond motifs is 1. The highest BCUT2D eigenvalue weighted by Crippen LogP contribution is 2.32. The average molecular weight is 367 g/mol. The molecule has 0 atom stereocenters. The van der Waals surface area contributed by atoms with Crippen molar-refractivity contribution < 1.29 is 4.42 Å². The van der Waals surface area contributed by atoms with Crippen molar-refractivity contribution in [1.82, 2.24) is 4.98 Å². The van der Waals surface area contributed by atoms with E-state index in [1.165, 1.54) is 33.4 Å². The van der Waals surface area contributed by atoms with Crippen LogP contribution in [0.3, 0.4) is 0 Å². The molecule has 0 unspecified atom stereocenters. The Kier molecular flexibility index (Phi) is 4.64. The first-order valence-electron chi connectivity index (χ1n) is 9.66. The molecule has 3 aromatic carbocycles. The lowest BCUT2D eigenvalue weighted by Gasteiger charge is -2.08. The Bertz CT molecular complexity index is 1130. The highest BCUT2D eigenvalue weighted by molar-refractivity contribution is 5.85. The molecule has 2 nitrogen and oxygen atoms in total. The first-order chi connectivity index (χ1) is 13.4. The summed E-state index contributed by atoms with van der Waals surface area (Å²) in [7, 11) is 0. The fourth-order valence-electron chi connectivity index (χ4n) is 3.47. The second-order valence-electron chi connectivity index (χ2n) is 7.56. The fourth-order valence-corrected chi connectivity index (χ4v) is 3.47. The molecule has 28 heavy (non-hydrogen) atoms. The van der Waals surface area contributed by atoms with Gasteiger partial charge in [-0.2, -0.15) is 0 Å². The van der Waals surface area contributed by atoms with Crippen molar-refractivity contribution >= 4 is 23.3 Å². The van der Waals surface area contributed by atoms with E-state index in [1.54, 1.807) is 0 Å². The minimum Gasteiger partial charge on any atom is -0.436 e. The van der Waals surface area contributed by atoms with Crippen molar-refractivity contribution in [3.05, 3.63) is 87.5 Å². The summed E-state index contributed by atoms with van der Waals surface area (Å²) in [6.45, 7) is 10.6. The summed E-state index contributed by atoms with van der Waals surface area (Å²) < 4.78 is 6.15. The Hall–Kier alpha value is -3.13. The van der Waals surface area contributed by atoms with Crippen LogP contribution in [0.1, 0.15) is 38.9 Å². The monoisotopic (exact) mass is 367 g/mol. The molecule has 0 radical (unpaired) electrons. The predicted octanol–water partition coefficient (Wildman–Crippen LogP) is 7.21. The quantitative estimate of drug-likeness (QED) is 0.358. The maximum absolute atomic E-state index is 6.15. The molecule has 0 aliphatic carbocycles. The molecule has 0 aliphatic rings. The zero-order valence-corrected chi connectivity index (χ0v) is 17.1. The van der Waals surface area contributed by atoms with Crippen LogP contribution in [-0.4, -0.2) is 4.98 Å². The van der Waals surface area contributed by atoms with Gasteiger partial charge in [0, 0.05) is 5.56 Å². The van der Waals surface area contributed by atoms with Crippen molar-refractivity contribution in [3.8, 4) is 11.5 Å². The molecule has 0 spiro atoms. The predicted molar refractivity (Wildman–Crippen MR) is 119 cm³/mol. The third-order valence-corrected chi connectivity index (χ3v) is 5.71. The Balaban J connectivity index is 1.64. The minimum absolute atomic E-state index is 0.681. The van der Waals surface area contributed by atoms with E-state index in [0.717, 1.165) is 22.2 Å². The van der Waals surface area contributed by atoms with E-state index >= 15 is 0 Å².